The minimum atomic E-state index is 0.421. The number of aryl methyl sites for hydroxylation is 2. The van der Waals surface area contributed by atoms with Gasteiger partial charge >= 0.3 is 0 Å². The molecule has 2 rings (SSSR count). The smallest absolute Gasteiger partial charge is 0.239 e. The Morgan fingerprint density at radius 3 is 2.61 bits per heavy atom. The van der Waals surface area contributed by atoms with E-state index in [2.05, 4.69) is 34.5 Å². The fourth-order valence-corrected chi connectivity index (χ4v) is 1.76. The van der Waals surface area contributed by atoms with E-state index in [1.54, 1.807) is 0 Å². The molecule has 0 atom stereocenters. The third-order valence-corrected chi connectivity index (χ3v) is 2.70. The molecule has 0 aliphatic heterocycles. The van der Waals surface area contributed by atoms with Crippen LogP contribution >= 0.6 is 0 Å². The Morgan fingerprint density at radius 1 is 1.17 bits per heavy atom. The Labute approximate surface area is 107 Å². The van der Waals surface area contributed by atoms with Crippen LogP contribution in [0.25, 0.3) is 0 Å². The van der Waals surface area contributed by atoms with Crippen molar-refractivity contribution in [3.05, 3.63) is 41.6 Å². The van der Waals surface area contributed by atoms with Crippen molar-refractivity contribution in [2.75, 3.05) is 17.4 Å². The number of nitrogen functional groups attached to an aromatic ring is 1. The van der Waals surface area contributed by atoms with E-state index in [-0.39, 0.29) is 0 Å². The standard InChI is InChI=1S/C13H17N5/c1-9-5-4-6-11(7-9)18(3)12-8-10(2)15-13(16-12)17-14/h4-8H,14H2,1-3H3,(H,15,16,17). The van der Waals surface area contributed by atoms with E-state index < -0.39 is 0 Å². The molecular formula is C13H17N5. The molecule has 0 radical (unpaired) electrons. The van der Waals surface area contributed by atoms with Gasteiger partial charge in [-0.15, -0.1) is 0 Å². The number of hydrazine groups is 1. The minimum Gasteiger partial charge on any atom is -0.329 e. The molecule has 0 fully saturated rings. The molecule has 5 nitrogen and oxygen atoms in total. The van der Waals surface area contributed by atoms with Gasteiger partial charge in [-0.25, -0.2) is 10.8 Å². The highest BCUT2D eigenvalue weighted by atomic mass is 15.3. The van der Waals surface area contributed by atoms with E-state index >= 15 is 0 Å². The van der Waals surface area contributed by atoms with Crippen molar-refractivity contribution in [1.29, 1.82) is 0 Å². The van der Waals surface area contributed by atoms with E-state index in [0.29, 0.717) is 5.95 Å². The summed E-state index contributed by atoms with van der Waals surface area (Å²) >= 11 is 0. The number of nitrogens with zero attached hydrogens (tertiary/aromatic N) is 3. The number of nitrogens with two attached hydrogens (primary N) is 1. The molecule has 0 saturated carbocycles. The lowest BCUT2D eigenvalue weighted by Gasteiger charge is -2.19. The quantitative estimate of drug-likeness (QED) is 0.638. The summed E-state index contributed by atoms with van der Waals surface area (Å²) in [6, 6.07) is 10.2. The maximum atomic E-state index is 5.36. The second-order valence-electron chi connectivity index (χ2n) is 4.23. The summed E-state index contributed by atoms with van der Waals surface area (Å²) in [6.07, 6.45) is 0. The van der Waals surface area contributed by atoms with Crippen LogP contribution in [0.2, 0.25) is 0 Å². The van der Waals surface area contributed by atoms with E-state index in [9.17, 15) is 0 Å². The zero-order valence-corrected chi connectivity index (χ0v) is 10.8. The Hall–Kier alpha value is -2.14. The number of rotatable bonds is 3. The molecule has 0 aliphatic carbocycles. The molecule has 0 unspecified atom stereocenters. The van der Waals surface area contributed by atoms with Gasteiger partial charge in [0.15, 0.2) is 0 Å². The van der Waals surface area contributed by atoms with Crippen LogP contribution in [-0.2, 0) is 0 Å². The zero-order valence-electron chi connectivity index (χ0n) is 10.8. The minimum absolute atomic E-state index is 0.421. The third kappa shape index (κ3) is 2.57. The van der Waals surface area contributed by atoms with Gasteiger partial charge in [-0.1, -0.05) is 12.1 Å². The molecule has 0 aliphatic rings. The van der Waals surface area contributed by atoms with Gasteiger partial charge in [0.1, 0.15) is 5.82 Å². The first kappa shape index (κ1) is 12.3. The first-order valence-corrected chi connectivity index (χ1v) is 5.73. The SMILES string of the molecule is Cc1cccc(N(C)c2cc(C)nc(NN)n2)c1. The Morgan fingerprint density at radius 2 is 1.94 bits per heavy atom. The van der Waals surface area contributed by atoms with Gasteiger partial charge in [0.25, 0.3) is 0 Å². The molecule has 0 amide bonds. The molecule has 5 heteroatoms. The van der Waals surface area contributed by atoms with Crippen molar-refractivity contribution < 1.29 is 0 Å². The zero-order chi connectivity index (χ0) is 13.1. The fraction of sp³-hybridized carbons (Fsp3) is 0.231. The molecule has 0 spiro atoms. The molecule has 2 aromatic rings. The summed E-state index contributed by atoms with van der Waals surface area (Å²) < 4.78 is 0. The Kier molecular flexibility index (Phi) is 3.43. The second kappa shape index (κ2) is 5.01. The van der Waals surface area contributed by atoms with Crippen LogP contribution in [0.15, 0.2) is 30.3 Å². The average Bonchev–Trinajstić information content (AvgIpc) is 2.37. The Balaban J connectivity index is 2.39. The Bertz CT molecular complexity index is 553. The van der Waals surface area contributed by atoms with Gasteiger partial charge < -0.3 is 4.90 Å². The van der Waals surface area contributed by atoms with Crippen LogP contribution in [0.3, 0.4) is 0 Å². The monoisotopic (exact) mass is 243 g/mol. The van der Waals surface area contributed by atoms with Crippen molar-refractivity contribution in [1.82, 2.24) is 9.97 Å². The molecule has 0 bridgehead atoms. The summed E-state index contributed by atoms with van der Waals surface area (Å²) in [5, 5.41) is 0. The average molecular weight is 243 g/mol. The first-order chi connectivity index (χ1) is 8.60. The summed E-state index contributed by atoms with van der Waals surface area (Å²) in [6.45, 7) is 3.98. The van der Waals surface area contributed by atoms with Gasteiger partial charge in [0.2, 0.25) is 5.95 Å². The first-order valence-electron chi connectivity index (χ1n) is 5.73. The van der Waals surface area contributed by atoms with Crippen LogP contribution in [0.1, 0.15) is 11.3 Å². The number of anilines is 3. The molecule has 18 heavy (non-hydrogen) atoms. The fourth-order valence-electron chi connectivity index (χ4n) is 1.76. The molecule has 94 valence electrons. The lowest BCUT2D eigenvalue weighted by atomic mass is 10.2. The molecule has 1 heterocycles. The predicted molar refractivity (Wildman–Crippen MR) is 73.8 cm³/mol. The largest absolute Gasteiger partial charge is 0.329 e. The molecular weight excluding hydrogens is 226 g/mol. The molecule has 1 aromatic carbocycles. The van der Waals surface area contributed by atoms with Gasteiger partial charge in [0, 0.05) is 24.5 Å². The predicted octanol–water partition coefficient (Wildman–Crippen LogP) is 2.15. The van der Waals surface area contributed by atoms with E-state index in [1.807, 2.05) is 37.1 Å². The van der Waals surface area contributed by atoms with Crippen molar-refractivity contribution >= 4 is 17.5 Å². The molecule has 3 N–H and O–H groups in total. The second-order valence-corrected chi connectivity index (χ2v) is 4.23. The summed E-state index contributed by atoms with van der Waals surface area (Å²) in [7, 11) is 1.97. The summed E-state index contributed by atoms with van der Waals surface area (Å²) in [5.41, 5.74) is 5.64. The van der Waals surface area contributed by atoms with Crippen LogP contribution in [-0.4, -0.2) is 17.0 Å². The number of hydrogen-bond donors (Lipinski definition) is 2. The lowest BCUT2D eigenvalue weighted by Crippen LogP contribution is -2.16. The van der Waals surface area contributed by atoms with Crippen molar-refractivity contribution in [3.8, 4) is 0 Å². The number of aromatic nitrogens is 2. The number of benzene rings is 1. The van der Waals surface area contributed by atoms with E-state index in [4.69, 9.17) is 5.84 Å². The molecule has 1 aromatic heterocycles. The maximum absolute atomic E-state index is 5.36. The van der Waals surface area contributed by atoms with E-state index in [0.717, 1.165) is 17.2 Å². The van der Waals surface area contributed by atoms with Crippen molar-refractivity contribution in [2.24, 2.45) is 5.84 Å². The van der Waals surface area contributed by atoms with Gasteiger partial charge in [-0.05, 0) is 31.5 Å². The van der Waals surface area contributed by atoms with Crippen molar-refractivity contribution in [3.63, 3.8) is 0 Å². The summed E-state index contributed by atoms with van der Waals surface area (Å²) in [5.74, 6) is 6.58. The van der Waals surface area contributed by atoms with Gasteiger partial charge in [-0.3, -0.25) is 5.43 Å². The normalized spacial score (nSPS) is 10.2. The highest BCUT2D eigenvalue weighted by Gasteiger charge is 2.08. The van der Waals surface area contributed by atoms with E-state index in [1.165, 1.54) is 5.56 Å². The number of hydrogen-bond acceptors (Lipinski definition) is 5. The van der Waals surface area contributed by atoms with Gasteiger partial charge in [-0.2, -0.15) is 4.98 Å². The van der Waals surface area contributed by atoms with Crippen molar-refractivity contribution in [2.45, 2.75) is 13.8 Å². The highest BCUT2D eigenvalue weighted by Crippen LogP contribution is 2.23. The maximum Gasteiger partial charge on any atom is 0.239 e. The summed E-state index contributed by atoms with van der Waals surface area (Å²) in [4.78, 5) is 10.5. The molecule has 0 saturated heterocycles. The van der Waals surface area contributed by atoms with Gasteiger partial charge in [0.05, 0.1) is 0 Å². The third-order valence-electron chi connectivity index (χ3n) is 2.70. The highest BCUT2D eigenvalue weighted by molar-refractivity contribution is 5.61. The van der Waals surface area contributed by atoms with Crippen LogP contribution < -0.4 is 16.2 Å². The van der Waals surface area contributed by atoms with Crippen LogP contribution in [0.5, 0.6) is 0 Å². The lowest BCUT2D eigenvalue weighted by molar-refractivity contribution is 1.03. The van der Waals surface area contributed by atoms with Crippen LogP contribution in [0.4, 0.5) is 17.5 Å². The van der Waals surface area contributed by atoms with Crippen LogP contribution in [0, 0.1) is 13.8 Å². The topological polar surface area (TPSA) is 67.1 Å². The number of nitrogens with one attached hydrogen (secondary N) is 1.